The standard InChI is InChI=1S/C9H11ClFNO/c1-5(4-12)8-7(13)3-2-6(11)9(8)10/h2-3,5,13H,4,12H2,1H3. The van der Waals surface area contributed by atoms with Gasteiger partial charge in [0.25, 0.3) is 0 Å². The summed E-state index contributed by atoms with van der Waals surface area (Å²) in [6.45, 7) is 2.09. The molecule has 0 aliphatic carbocycles. The van der Waals surface area contributed by atoms with Crippen LogP contribution < -0.4 is 5.73 Å². The Morgan fingerprint density at radius 1 is 1.62 bits per heavy atom. The normalized spacial score (nSPS) is 12.9. The van der Waals surface area contributed by atoms with Crippen molar-refractivity contribution in [1.29, 1.82) is 0 Å². The van der Waals surface area contributed by atoms with Gasteiger partial charge in [-0.25, -0.2) is 4.39 Å². The summed E-state index contributed by atoms with van der Waals surface area (Å²) in [4.78, 5) is 0. The molecule has 0 bridgehead atoms. The molecule has 1 unspecified atom stereocenters. The van der Waals surface area contributed by atoms with Crippen molar-refractivity contribution in [2.45, 2.75) is 12.8 Å². The zero-order chi connectivity index (χ0) is 10.0. The van der Waals surface area contributed by atoms with Crippen molar-refractivity contribution in [3.05, 3.63) is 28.5 Å². The summed E-state index contributed by atoms with van der Waals surface area (Å²) >= 11 is 5.68. The predicted molar refractivity (Wildman–Crippen MR) is 50.5 cm³/mol. The summed E-state index contributed by atoms with van der Waals surface area (Å²) in [5.74, 6) is -0.692. The van der Waals surface area contributed by atoms with Crippen molar-refractivity contribution in [2.24, 2.45) is 5.73 Å². The van der Waals surface area contributed by atoms with E-state index in [0.29, 0.717) is 12.1 Å². The molecular weight excluding hydrogens is 193 g/mol. The maximum Gasteiger partial charge on any atom is 0.142 e. The van der Waals surface area contributed by atoms with E-state index in [9.17, 15) is 9.50 Å². The molecule has 0 radical (unpaired) electrons. The summed E-state index contributed by atoms with van der Waals surface area (Å²) in [7, 11) is 0. The van der Waals surface area contributed by atoms with Gasteiger partial charge in [-0.2, -0.15) is 0 Å². The summed E-state index contributed by atoms with van der Waals surface area (Å²) < 4.78 is 13.0. The maximum atomic E-state index is 13.0. The van der Waals surface area contributed by atoms with E-state index < -0.39 is 5.82 Å². The second kappa shape index (κ2) is 3.94. The number of hydrogen-bond donors (Lipinski definition) is 2. The van der Waals surface area contributed by atoms with Crippen LogP contribution in [0.1, 0.15) is 18.4 Å². The lowest BCUT2D eigenvalue weighted by Gasteiger charge is -2.13. The SMILES string of the molecule is CC(CN)c1c(O)ccc(F)c1Cl. The van der Waals surface area contributed by atoms with E-state index >= 15 is 0 Å². The van der Waals surface area contributed by atoms with Crippen LogP contribution in [0.3, 0.4) is 0 Å². The third-order valence-corrected chi connectivity index (χ3v) is 2.34. The Morgan fingerprint density at radius 2 is 2.23 bits per heavy atom. The van der Waals surface area contributed by atoms with Crippen molar-refractivity contribution in [2.75, 3.05) is 6.54 Å². The molecular formula is C9H11ClFNO. The van der Waals surface area contributed by atoms with Crippen molar-refractivity contribution in [1.82, 2.24) is 0 Å². The number of rotatable bonds is 2. The molecule has 0 aromatic heterocycles. The lowest BCUT2D eigenvalue weighted by Crippen LogP contribution is -2.10. The highest BCUT2D eigenvalue weighted by Gasteiger charge is 2.16. The van der Waals surface area contributed by atoms with E-state index in [4.69, 9.17) is 17.3 Å². The van der Waals surface area contributed by atoms with Crippen molar-refractivity contribution < 1.29 is 9.50 Å². The largest absolute Gasteiger partial charge is 0.508 e. The molecule has 0 heterocycles. The fourth-order valence-corrected chi connectivity index (χ4v) is 1.49. The highest BCUT2D eigenvalue weighted by molar-refractivity contribution is 6.31. The smallest absolute Gasteiger partial charge is 0.142 e. The third-order valence-electron chi connectivity index (χ3n) is 1.96. The molecule has 0 aliphatic heterocycles. The van der Waals surface area contributed by atoms with Crippen LogP contribution in [-0.2, 0) is 0 Å². The first-order valence-corrected chi connectivity index (χ1v) is 4.32. The van der Waals surface area contributed by atoms with E-state index in [-0.39, 0.29) is 16.7 Å². The van der Waals surface area contributed by atoms with Gasteiger partial charge in [0, 0.05) is 5.56 Å². The van der Waals surface area contributed by atoms with Gasteiger partial charge in [0.05, 0.1) is 5.02 Å². The van der Waals surface area contributed by atoms with Crippen LogP contribution in [0.5, 0.6) is 5.75 Å². The van der Waals surface area contributed by atoms with Crippen molar-refractivity contribution in [3.63, 3.8) is 0 Å². The van der Waals surface area contributed by atoms with Crippen LogP contribution in [0.15, 0.2) is 12.1 Å². The second-order valence-electron chi connectivity index (χ2n) is 2.93. The van der Waals surface area contributed by atoms with Gasteiger partial charge >= 0.3 is 0 Å². The van der Waals surface area contributed by atoms with Crippen LogP contribution in [0.2, 0.25) is 5.02 Å². The molecule has 4 heteroatoms. The van der Waals surface area contributed by atoms with Crippen LogP contribution in [0.4, 0.5) is 4.39 Å². The summed E-state index contributed by atoms with van der Waals surface area (Å²) in [6, 6.07) is 2.41. The fraction of sp³-hybridized carbons (Fsp3) is 0.333. The minimum Gasteiger partial charge on any atom is -0.508 e. The Bertz CT molecular complexity index is 317. The summed E-state index contributed by atoms with van der Waals surface area (Å²) in [5, 5.41) is 9.37. The zero-order valence-electron chi connectivity index (χ0n) is 7.22. The minimum atomic E-state index is -0.533. The highest BCUT2D eigenvalue weighted by atomic mass is 35.5. The summed E-state index contributed by atoms with van der Waals surface area (Å²) in [5.41, 5.74) is 5.78. The molecule has 0 amide bonds. The Morgan fingerprint density at radius 3 is 2.77 bits per heavy atom. The average molecular weight is 204 g/mol. The van der Waals surface area contributed by atoms with E-state index in [2.05, 4.69) is 0 Å². The van der Waals surface area contributed by atoms with Gasteiger partial charge < -0.3 is 10.8 Å². The van der Waals surface area contributed by atoms with E-state index in [1.807, 2.05) is 0 Å². The Hall–Kier alpha value is -0.800. The molecule has 72 valence electrons. The molecule has 2 nitrogen and oxygen atoms in total. The number of phenols is 1. The average Bonchev–Trinajstić information content (AvgIpc) is 2.12. The van der Waals surface area contributed by atoms with Gasteiger partial charge in [-0.1, -0.05) is 18.5 Å². The van der Waals surface area contributed by atoms with Gasteiger partial charge in [0.15, 0.2) is 0 Å². The molecule has 0 aliphatic rings. The van der Waals surface area contributed by atoms with Gasteiger partial charge in [0.1, 0.15) is 11.6 Å². The first-order chi connectivity index (χ1) is 6.07. The Balaban J connectivity index is 3.25. The molecule has 3 N–H and O–H groups in total. The third kappa shape index (κ3) is 1.92. The first-order valence-electron chi connectivity index (χ1n) is 3.94. The van der Waals surface area contributed by atoms with Crippen LogP contribution in [-0.4, -0.2) is 11.7 Å². The minimum absolute atomic E-state index is 0.00986. The number of nitrogens with two attached hydrogens (primary N) is 1. The van der Waals surface area contributed by atoms with E-state index in [1.54, 1.807) is 6.92 Å². The topological polar surface area (TPSA) is 46.2 Å². The molecule has 13 heavy (non-hydrogen) atoms. The van der Waals surface area contributed by atoms with Crippen molar-refractivity contribution in [3.8, 4) is 5.75 Å². The molecule has 0 saturated heterocycles. The van der Waals surface area contributed by atoms with Crippen LogP contribution >= 0.6 is 11.6 Å². The summed E-state index contributed by atoms with van der Waals surface area (Å²) in [6.07, 6.45) is 0. The van der Waals surface area contributed by atoms with Gasteiger partial charge in [0.2, 0.25) is 0 Å². The zero-order valence-corrected chi connectivity index (χ0v) is 7.98. The molecule has 1 atom stereocenters. The van der Waals surface area contributed by atoms with Gasteiger partial charge in [-0.05, 0) is 24.6 Å². The monoisotopic (exact) mass is 203 g/mol. The second-order valence-corrected chi connectivity index (χ2v) is 3.31. The van der Waals surface area contributed by atoms with Gasteiger partial charge in [-0.15, -0.1) is 0 Å². The molecule has 0 spiro atoms. The number of phenolic OH excluding ortho intramolecular Hbond substituents is 1. The molecule has 0 fully saturated rings. The number of halogens is 2. The van der Waals surface area contributed by atoms with Crippen LogP contribution in [0.25, 0.3) is 0 Å². The van der Waals surface area contributed by atoms with Gasteiger partial charge in [-0.3, -0.25) is 0 Å². The lowest BCUT2D eigenvalue weighted by atomic mass is 10.00. The molecule has 0 saturated carbocycles. The lowest BCUT2D eigenvalue weighted by molar-refractivity contribution is 0.460. The van der Waals surface area contributed by atoms with Crippen LogP contribution in [0, 0.1) is 5.82 Å². The van der Waals surface area contributed by atoms with E-state index in [1.165, 1.54) is 6.07 Å². The molecule has 1 aromatic rings. The Kier molecular flexibility index (Phi) is 3.12. The number of hydrogen-bond acceptors (Lipinski definition) is 2. The van der Waals surface area contributed by atoms with E-state index in [0.717, 1.165) is 6.07 Å². The highest BCUT2D eigenvalue weighted by Crippen LogP contribution is 2.33. The predicted octanol–water partition coefficient (Wildman–Crippen LogP) is 2.25. The van der Waals surface area contributed by atoms with Crippen molar-refractivity contribution >= 4 is 11.6 Å². The fourth-order valence-electron chi connectivity index (χ4n) is 1.14. The first kappa shape index (κ1) is 10.3. The number of aromatic hydroxyl groups is 1. The molecule has 1 aromatic carbocycles. The quantitative estimate of drug-likeness (QED) is 0.775. The number of benzene rings is 1. The maximum absolute atomic E-state index is 13.0. The Labute approximate surface area is 81.1 Å². The molecule has 1 rings (SSSR count).